The fourth-order valence-corrected chi connectivity index (χ4v) is 0. The Morgan fingerprint density at radius 2 is 1.00 bits per heavy atom. The van der Waals surface area contributed by atoms with Crippen LogP contribution in [0.25, 0.3) is 0 Å². The van der Waals surface area contributed by atoms with Gasteiger partial charge in [0.2, 0.25) is 0 Å². The van der Waals surface area contributed by atoms with Crippen LogP contribution in [0.3, 0.4) is 0 Å². The van der Waals surface area contributed by atoms with Crippen LogP contribution in [0.15, 0.2) is 0 Å². The van der Waals surface area contributed by atoms with Gasteiger partial charge in [-0.3, -0.25) is 0 Å². The van der Waals surface area contributed by atoms with Crippen molar-refractivity contribution in [3.05, 3.63) is 0 Å². The molecule has 9 heavy (non-hydrogen) atoms. The van der Waals surface area contributed by atoms with E-state index >= 15 is 0 Å². The van der Waals surface area contributed by atoms with E-state index in [1.807, 2.05) is 0 Å². The van der Waals surface area contributed by atoms with Gasteiger partial charge in [-0.05, 0) is 6.92 Å². The van der Waals surface area contributed by atoms with Crippen LogP contribution in [0.5, 0.6) is 0 Å². The van der Waals surface area contributed by atoms with E-state index in [0.29, 0.717) is 0 Å². The summed E-state index contributed by atoms with van der Waals surface area (Å²) in [7, 11) is 1.00. The van der Waals surface area contributed by atoms with Crippen molar-refractivity contribution in [1.29, 1.82) is 0 Å². The van der Waals surface area contributed by atoms with Gasteiger partial charge in [0.15, 0.2) is 0 Å². The van der Waals surface area contributed by atoms with Crippen LogP contribution >= 0.6 is 0 Å². The standard InChI is InChI=1S/C2H6O.CH4O.2ClH.2Mg/c1-2-3;1-2;;;;/h3H,2H2,1H3;2H,1H3;2*1H;;/q;;;;2*+2/p-2. The van der Waals surface area contributed by atoms with Crippen molar-refractivity contribution in [1.82, 2.24) is 0 Å². The second-order valence-corrected chi connectivity index (χ2v) is 0.316. The molecule has 0 aliphatic carbocycles. The molecule has 6 heteroatoms. The van der Waals surface area contributed by atoms with Crippen molar-refractivity contribution in [3.8, 4) is 0 Å². The summed E-state index contributed by atoms with van der Waals surface area (Å²) in [5.41, 5.74) is 0. The largest absolute Gasteiger partial charge is 2.00 e. The van der Waals surface area contributed by atoms with Crippen molar-refractivity contribution in [2.75, 3.05) is 13.7 Å². The molecule has 0 aliphatic heterocycles. The Morgan fingerprint density at radius 1 is 1.00 bits per heavy atom. The molecule has 0 aromatic heterocycles. The molecular weight excluding hydrogens is 188 g/mol. The summed E-state index contributed by atoms with van der Waals surface area (Å²) >= 11 is 0. The summed E-state index contributed by atoms with van der Waals surface area (Å²) in [5, 5.41) is 14.6. The van der Waals surface area contributed by atoms with E-state index in [1.165, 1.54) is 0 Å². The topological polar surface area (TPSA) is 40.5 Å². The van der Waals surface area contributed by atoms with E-state index in [4.69, 9.17) is 10.2 Å². The molecule has 0 atom stereocenters. The van der Waals surface area contributed by atoms with Gasteiger partial charge in [-0.2, -0.15) is 0 Å². The number of hydrogen-bond acceptors (Lipinski definition) is 2. The molecule has 0 radical (unpaired) electrons. The van der Waals surface area contributed by atoms with Crippen LogP contribution in [0, 0.1) is 0 Å². The molecule has 0 unspecified atom stereocenters. The van der Waals surface area contributed by atoms with Crippen LogP contribution in [0.4, 0.5) is 0 Å². The molecule has 0 aromatic carbocycles. The zero-order valence-electron chi connectivity index (χ0n) is 5.77. The molecule has 0 bridgehead atoms. The molecule has 2 nitrogen and oxygen atoms in total. The van der Waals surface area contributed by atoms with E-state index < -0.39 is 0 Å². The van der Waals surface area contributed by atoms with Gasteiger partial charge in [0.05, 0.1) is 0 Å². The Kier molecular flexibility index (Phi) is 434. The molecule has 0 fully saturated rings. The van der Waals surface area contributed by atoms with E-state index in [-0.39, 0.29) is 77.5 Å². The number of rotatable bonds is 0. The van der Waals surface area contributed by atoms with Crippen LogP contribution < -0.4 is 24.8 Å². The van der Waals surface area contributed by atoms with Crippen LogP contribution in [-0.4, -0.2) is 70.0 Å². The first kappa shape index (κ1) is 43.8. The zero-order chi connectivity index (χ0) is 4.71. The molecule has 50 valence electrons. The van der Waals surface area contributed by atoms with Gasteiger partial charge in [-0.1, -0.05) is 0 Å². The maximum absolute atomic E-state index is 7.57. The van der Waals surface area contributed by atoms with E-state index in [9.17, 15) is 0 Å². The zero-order valence-corrected chi connectivity index (χ0v) is 10.1. The Balaban J connectivity index is -0.00000000357. The molecule has 0 spiro atoms. The van der Waals surface area contributed by atoms with Crippen LogP contribution in [0.1, 0.15) is 6.92 Å². The van der Waals surface area contributed by atoms with Gasteiger partial charge in [-0.15, -0.1) is 0 Å². The Labute approximate surface area is 101 Å². The molecule has 0 rings (SSSR count). The molecule has 0 saturated carbocycles. The average molecular weight is 198 g/mol. The summed E-state index contributed by atoms with van der Waals surface area (Å²) in [6.07, 6.45) is 0. The first-order valence-electron chi connectivity index (χ1n) is 1.47. The third-order valence-corrected chi connectivity index (χ3v) is 0. The van der Waals surface area contributed by atoms with Crippen molar-refractivity contribution >= 4 is 46.1 Å². The molecule has 2 N–H and O–H groups in total. The minimum atomic E-state index is 0. The minimum Gasteiger partial charge on any atom is -1.00 e. The van der Waals surface area contributed by atoms with Crippen molar-refractivity contribution in [2.24, 2.45) is 0 Å². The van der Waals surface area contributed by atoms with Crippen molar-refractivity contribution in [3.63, 3.8) is 0 Å². The Bertz CT molecular complexity index is 17.8. The number of aliphatic hydroxyl groups excluding tert-OH is 2. The maximum Gasteiger partial charge on any atom is 2.00 e. The fraction of sp³-hybridized carbons (Fsp3) is 1.00. The van der Waals surface area contributed by atoms with Crippen molar-refractivity contribution in [2.45, 2.75) is 6.92 Å². The first-order valence-corrected chi connectivity index (χ1v) is 1.47. The van der Waals surface area contributed by atoms with Gasteiger partial charge >= 0.3 is 46.1 Å². The molecule has 0 amide bonds. The molecule has 0 aromatic rings. The van der Waals surface area contributed by atoms with E-state index in [0.717, 1.165) is 7.11 Å². The molecule has 0 saturated heterocycles. The first-order chi connectivity index (χ1) is 2.41. The van der Waals surface area contributed by atoms with Crippen LogP contribution in [0.2, 0.25) is 0 Å². The van der Waals surface area contributed by atoms with E-state index in [1.54, 1.807) is 6.92 Å². The van der Waals surface area contributed by atoms with Gasteiger partial charge in [0.1, 0.15) is 0 Å². The van der Waals surface area contributed by atoms with Crippen molar-refractivity contribution < 1.29 is 35.0 Å². The summed E-state index contributed by atoms with van der Waals surface area (Å²) in [5.74, 6) is 0. The molecule has 0 heterocycles. The summed E-state index contributed by atoms with van der Waals surface area (Å²) in [4.78, 5) is 0. The maximum atomic E-state index is 7.57. The number of aliphatic hydroxyl groups is 2. The minimum absolute atomic E-state index is 0. The predicted molar refractivity (Wildman–Crippen MR) is 32.4 cm³/mol. The van der Waals surface area contributed by atoms with Crippen LogP contribution in [-0.2, 0) is 0 Å². The van der Waals surface area contributed by atoms with Gasteiger partial charge < -0.3 is 35.0 Å². The van der Waals surface area contributed by atoms with E-state index in [2.05, 4.69) is 0 Å². The second-order valence-electron chi connectivity index (χ2n) is 0.316. The fourth-order valence-electron chi connectivity index (χ4n) is 0. The second kappa shape index (κ2) is 89.0. The monoisotopic (exact) mass is 196 g/mol. The normalized spacial score (nSPS) is 2.67. The van der Waals surface area contributed by atoms with Gasteiger partial charge in [0.25, 0.3) is 0 Å². The SMILES string of the molecule is CCO.CO.[Cl-].[Cl-].[Mg+2].[Mg+2]. The number of halogens is 2. The third-order valence-electron chi connectivity index (χ3n) is 0. The smallest absolute Gasteiger partial charge is 1.00 e. The average Bonchev–Trinajstić information content (AvgIpc) is 1.46. The summed E-state index contributed by atoms with van der Waals surface area (Å²) < 4.78 is 0. The molecule has 0 aliphatic rings. The molecular formula is C3H10Cl2Mg2O2+2. The predicted octanol–water partition coefficient (Wildman–Crippen LogP) is -7.15. The Morgan fingerprint density at radius 3 is 1.00 bits per heavy atom. The number of hydrogen-bond donors (Lipinski definition) is 2. The quantitative estimate of drug-likeness (QED) is 0.379. The Hall–Kier alpha value is 2.03. The van der Waals surface area contributed by atoms with Gasteiger partial charge in [-0.25, -0.2) is 0 Å². The van der Waals surface area contributed by atoms with Gasteiger partial charge in [0, 0.05) is 13.7 Å². The third kappa shape index (κ3) is 157. The summed E-state index contributed by atoms with van der Waals surface area (Å²) in [6.45, 7) is 1.93. The summed E-state index contributed by atoms with van der Waals surface area (Å²) in [6, 6.07) is 0.